The van der Waals surface area contributed by atoms with Crippen LogP contribution in [-0.4, -0.2) is 14.1 Å². The van der Waals surface area contributed by atoms with E-state index in [-0.39, 0.29) is 0 Å². The van der Waals surface area contributed by atoms with Crippen LogP contribution in [0.3, 0.4) is 0 Å². The molecule has 1 aromatic carbocycles. The van der Waals surface area contributed by atoms with Crippen LogP contribution >= 0.6 is 0 Å². The van der Waals surface area contributed by atoms with Crippen molar-refractivity contribution in [3.63, 3.8) is 0 Å². The lowest BCUT2D eigenvalue weighted by molar-refractivity contribution is 1.08. The Labute approximate surface area is 79.4 Å². The zero-order chi connectivity index (χ0) is 9.84. The summed E-state index contributed by atoms with van der Waals surface area (Å²) in [6, 6.07) is 8.30. The van der Waals surface area contributed by atoms with Crippen LogP contribution in [0, 0.1) is 18.3 Å². The van der Waals surface area contributed by atoms with Crippen LogP contribution < -0.4 is 4.90 Å². The fourth-order valence-corrected chi connectivity index (χ4v) is 1.41. The first-order valence-corrected chi connectivity index (χ1v) is 4.29. The number of nitriles is 1. The molecule has 2 heteroatoms. The van der Waals surface area contributed by atoms with E-state index in [4.69, 9.17) is 5.26 Å². The molecular weight excluding hydrogens is 160 g/mol. The lowest BCUT2D eigenvalue weighted by Gasteiger charge is -2.17. The molecule has 0 spiro atoms. The summed E-state index contributed by atoms with van der Waals surface area (Å²) < 4.78 is 0. The van der Waals surface area contributed by atoms with E-state index in [1.54, 1.807) is 0 Å². The highest BCUT2D eigenvalue weighted by Gasteiger charge is 2.05. The number of benzene rings is 1. The number of nitrogens with zero attached hydrogens (tertiary/aromatic N) is 2. The number of anilines is 1. The molecule has 0 bridgehead atoms. The fourth-order valence-electron chi connectivity index (χ4n) is 1.41. The maximum atomic E-state index is 8.68. The number of aryl methyl sites for hydroxylation is 1. The van der Waals surface area contributed by atoms with Gasteiger partial charge in [0.1, 0.15) is 0 Å². The lowest BCUT2D eigenvalue weighted by Crippen LogP contribution is -2.11. The van der Waals surface area contributed by atoms with Crippen molar-refractivity contribution in [3.8, 4) is 6.07 Å². The van der Waals surface area contributed by atoms with Gasteiger partial charge >= 0.3 is 0 Å². The topological polar surface area (TPSA) is 27.0 Å². The molecule has 0 radical (unpaired) electrons. The Balaban J connectivity index is 3.19. The number of hydrogen-bond donors (Lipinski definition) is 0. The van der Waals surface area contributed by atoms with Gasteiger partial charge in [0.05, 0.1) is 12.5 Å². The van der Waals surface area contributed by atoms with Crippen molar-refractivity contribution in [2.45, 2.75) is 13.3 Å². The van der Waals surface area contributed by atoms with Crippen LogP contribution in [0.25, 0.3) is 0 Å². The third-order valence-corrected chi connectivity index (χ3v) is 2.12. The van der Waals surface area contributed by atoms with Crippen molar-refractivity contribution in [1.82, 2.24) is 0 Å². The standard InChI is InChI=1S/C11H14N2/c1-9-5-4-6-11(13(2)3)10(9)7-8-12/h4-6H,7H2,1-3H3. The normalized spacial score (nSPS) is 9.38. The van der Waals surface area contributed by atoms with E-state index in [9.17, 15) is 0 Å². The summed E-state index contributed by atoms with van der Waals surface area (Å²) >= 11 is 0. The van der Waals surface area contributed by atoms with Crippen LogP contribution in [0.15, 0.2) is 18.2 Å². The van der Waals surface area contributed by atoms with Gasteiger partial charge in [-0.3, -0.25) is 0 Å². The quantitative estimate of drug-likeness (QED) is 0.686. The van der Waals surface area contributed by atoms with E-state index in [0.717, 1.165) is 11.3 Å². The van der Waals surface area contributed by atoms with Gasteiger partial charge in [0, 0.05) is 19.8 Å². The Bertz CT molecular complexity index is 334. The second-order valence-corrected chi connectivity index (χ2v) is 3.30. The Kier molecular flexibility index (Phi) is 2.92. The zero-order valence-electron chi connectivity index (χ0n) is 8.33. The SMILES string of the molecule is Cc1cccc(N(C)C)c1CC#N. The first-order valence-electron chi connectivity index (χ1n) is 4.29. The molecule has 0 aliphatic heterocycles. The molecule has 0 unspecified atom stereocenters. The van der Waals surface area contributed by atoms with Crippen molar-refractivity contribution in [1.29, 1.82) is 5.26 Å². The smallest absolute Gasteiger partial charge is 0.0670 e. The van der Waals surface area contributed by atoms with Crippen LogP contribution in [0.2, 0.25) is 0 Å². The first kappa shape index (κ1) is 9.60. The second-order valence-electron chi connectivity index (χ2n) is 3.30. The molecule has 0 saturated carbocycles. The van der Waals surface area contributed by atoms with Crippen LogP contribution in [-0.2, 0) is 6.42 Å². The van der Waals surface area contributed by atoms with Gasteiger partial charge in [-0.25, -0.2) is 0 Å². The zero-order valence-corrected chi connectivity index (χ0v) is 8.33. The molecule has 68 valence electrons. The summed E-state index contributed by atoms with van der Waals surface area (Å²) in [6.07, 6.45) is 0.486. The molecule has 0 aliphatic rings. The number of hydrogen-bond acceptors (Lipinski definition) is 2. The highest BCUT2D eigenvalue weighted by molar-refractivity contribution is 5.56. The Hall–Kier alpha value is -1.49. The maximum absolute atomic E-state index is 8.68. The Morgan fingerprint density at radius 2 is 2.08 bits per heavy atom. The third-order valence-electron chi connectivity index (χ3n) is 2.12. The second kappa shape index (κ2) is 3.95. The van der Waals surface area contributed by atoms with Gasteiger partial charge in [0.15, 0.2) is 0 Å². The summed E-state index contributed by atoms with van der Waals surface area (Å²) in [5.41, 5.74) is 3.46. The van der Waals surface area contributed by atoms with Crippen molar-refractivity contribution >= 4 is 5.69 Å². The van der Waals surface area contributed by atoms with Crippen molar-refractivity contribution in [3.05, 3.63) is 29.3 Å². The van der Waals surface area contributed by atoms with Gasteiger partial charge in [-0.2, -0.15) is 5.26 Å². The molecule has 0 aliphatic carbocycles. The molecular formula is C11H14N2. The summed E-state index contributed by atoms with van der Waals surface area (Å²) in [5, 5.41) is 8.68. The van der Waals surface area contributed by atoms with Gasteiger partial charge in [-0.05, 0) is 24.1 Å². The van der Waals surface area contributed by atoms with E-state index in [2.05, 4.69) is 6.07 Å². The monoisotopic (exact) mass is 174 g/mol. The van der Waals surface area contributed by atoms with Gasteiger partial charge < -0.3 is 4.90 Å². The van der Waals surface area contributed by atoms with Crippen LogP contribution in [0.1, 0.15) is 11.1 Å². The van der Waals surface area contributed by atoms with E-state index < -0.39 is 0 Å². The lowest BCUT2D eigenvalue weighted by atomic mass is 10.0. The average Bonchev–Trinajstić information content (AvgIpc) is 2.08. The predicted molar refractivity (Wildman–Crippen MR) is 54.8 cm³/mol. The Morgan fingerprint density at radius 3 is 2.62 bits per heavy atom. The minimum atomic E-state index is 0.486. The van der Waals surface area contributed by atoms with E-state index in [1.807, 2.05) is 44.1 Å². The van der Waals surface area contributed by atoms with Crippen molar-refractivity contribution < 1.29 is 0 Å². The summed E-state index contributed by atoms with van der Waals surface area (Å²) in [7, 11) is 3.99. The molecule has 2 nitrogen and oxygen atoms in total. The fraction of sp³-hybridized carbons (Fsp3) is 0.364. The predicted octanol–water partition coefficient (Wildman–Crippen LogP) is 2.13. The molecule has 0 saturated heterocycles. The summed E-state index contributed by atoms with van der Waals surface area (Å²) in [6.45, 7) is 2.04. The molecule has 0 N–H and O–H groups in total. The minimum Gasteiger partial charge on any atom is -0.377 e. The van der Waals surface area contributed by atoms with E-state index in [1.165, 1.54) is 5.56 Å². The third kappa shape index (κ3) is 2.00. The minimum absolute atomic E-state index is 0.486. The highest BCUT2D eigenvalue weighted by atomic mass is 15.1. The molecule has 1 rings (SSSR count). The van der Waals surface area contributed by atoms with E-state index in [0.29, 0.717) is 6.42 Å². The number of rotatable bonds is 2. The van der Waals surface area contributed by atoms with Crippen molar-refractivity contribution in [2.24, 2.45) is 0 Å². The molecule has 13 heavy (non-hydrogen) atoms. The van der Waals surface area contributed by atoms with Crippen LogP contribution in [0.4, 0.5) is 5.69 Å². The van der Waals surface area contributed by atoms with Gasteiger partial charge in [0.2, 0.25) is 0 Å². The van der Waals surface area contributed by atoms with Gasteiger partial charge in [0.25, 0.3) is 0 Å². The van der Waals surface area contributed by atoms with Crippen LogP contribution in [0.5, 0.6) is 0 Å². The molecule has 0 atom stereocenters. The molecule has 0 amide bonds. The van der Waals surface area contributed by atoms with E-state index >= 15 is 0 Å². The van der Waals surface area contributed by atoms with Gasteiger partial charge in [-0.15, -0.1) is 0 Å². The Morgan fingerprint density at radius 1 is 1.38 bits per heavy atom. The average molecular weight is 174 g/mol. The summed E-state index contributed by atoms with van der Waals surface area (Å²) in [5.74, 6) is 0. The largest absolute Gasteiger partial charge is 0.377 e. The maximum Gasteiger partial charge on any atom is 0.0670 e. The van der Waals surface area contributed by atoms with Crippen molar-refractivity contribution in [2.75, 3.05) is 19.0 Å². The summed E-state index contributed by atoms with van der Waals surface area (Å²) in [4.78, 5) is 2.04. The molecule has 0 heterocycles. The molecule has 0 fully saturated rings. The highest BCUT2D eigenvalue weighted by Crippen LogP contribution is 2.21. The first-order chi connectivity index (χ1) is 6.16. The van der Waals surface area contributed by atoms with Gasteiger partial charge in [-0.1, -0.05) is 12.1 Å². The molecule has 1 aromatic rings. The molecule has 0 aromatic heterocycles.